The Morgan fingerprint density at radius 2 is 2.09 bits per heavy atom. The van der Waals surface area contributed by atoms with Crippen LogP contribution in [-0.2, 0) is 11.3 Å². The van der Waals surface area contributed by atoms with Gasteiger partial charge in [0.15, 0.2) is 0 Å². The van der Waals surface area contributed by atoms with Gasteiger partial charge in [0, 0.05) is 31.1 Å². The number of amides is 1. The molecule has 1 aromatic rings. The molecule has 1 saturated heterocycles. The zero-order chi connectivity index (χ0) is 15.4. The summed E-state index contributed by atoms with van der Waals surface area (Å²) in [6.07, 6.45) is 6.35. The first-order valence-corrected chi connectivity index (χ1v) is 8.49. The van der Waals surface area contributed by atoms with E-state index in [9.17, 15) is 9.90 Å². The molecule has 2 N–H and O–H groups in total. The quantitative estimate of drug-likeness (QED) is 0.849. The van der Waals surface area contributed by atoms with E-state index in [0.717, 1.165) is 44.5 Å². The van der Waals surface area contributed by atoms with E-state index in [0.29, 0.717) is 24.1 Å². The van der Waals surface area contributed by atoms with Gasteiger partial charge in [-0.3, -0.25) is 9.69 Å². The molecule has 2 fully saturated rings. The molecule has 0 spiro atoms. The van der Waals surface area contributed by atoms with E-state index in [1.54, 1.807) is 6.07 Å². The van der Waals surface area contributed by atoms with Crippen LogP contribution in [0.3, 0.4) is 0 Å². The first kappa shape index (κ1) is 15.3. The molecule has 1 aliphatic carbocycles. The molecule has 1 aromatic carbocycles. The van der Waals surface area contributed by atoms with Gasteiger partial charge in [-0.05, 0) is 50.6 Å². The largest absolute Gasteiger partial charge is 0.508 e. The number of rotatable bonds is 6. The third-order valence-corrected chi connectivity index (χ3v) is 4.71. The number of phenolic OH excluding ortho intramolecular Hbond substituents is 1. The zero-order valence-corrected chi connectivity index (χ0v) is 13.1. The molecule has 4 heteroatoms. The van der Waals surface area contributed by atoms with Crippen LogP contribution < -0.4 is 5.32 Å². The van der Waals surface area contributed by atoms with Crippen molar-refractivity contribution in [3.63, 3.8) is 0 Å². The highest BCUT2D eigenvalue weighted by Crippen LogP contribution is 2.25. The highest BCUT2D eigenvalue weighted by atomic mass is 16.3. The molecule has 1 unspecified atom stereocenters. The van der Waals surface area contributed by atoms with Gasteiger partial charge in [0.05, 0.1) is 0 Å². The molecule has 1 aliphatic heterocycles. The van der Waals surface area contributed by atoms with E-state index in [1.807, 2.05) is 18.2 Å². The topological polar surface area (TPSA) is 52.6 Å². The summed E-state index contributed by atoms with van der Waals surface area (Å²) < 4.78 is 0. The number of hydrogen-bond donors (Lipinski definition) is 2. The van der Waals surface area contributed by atoms with Crippen molar-refractivity contribution < 1.29 is 9.90 Å². The second-order valence-electron chi connectivity index (χ2n) is 6.75. The van der Waals surface area contributed by atoms with Crippen LogP contribution in [0.4, 0.5) is 0 Å². The van der Waals surface area contributed by atoms with Crippen LogP contribution in [0.2, 0.25) is 0 Å². The lowest BCUT2D eigenvalue weighted by Gasteiger charge is -2.32. The number of likely N-dealkylation sites (tertiary alicyclic amines) is 1. The smallest absolute Gasteiger partial charge is 0.220 e. The second kappa shape index (κ2) is 7.14. The van der Waals surface area contributed by atoms with E-state index in [1.165, 1.54) is 12.8 Å². The normalized spacial score (nSPS) is 22.5. The van der Waals surface area contributed by atoms with Crippen molar-refractivity contribution in [3.8, 4) is 5.75 Å². The summed E-state index contributed by atoms with van der Waals surface area (Å²) in [6, 6.07) is 8.03. The summed E-state index contributed by atoms with van der Waals surface area (Å²) in [4.78, 5) is 14.2. The number of para-hydroxylation sites is 1. The summed E-state index contributed by atoms with van der Waals surface area (Å²) in [5, 5.41) is 13.0. The number of carbonyl (C=O) groups is 1. The lowest BCUT2D eigenvalue weighted by molar-refractivity contribution is -0.121. The van der Waals surface area contributed by atoms with Crippen molar-refractivity contribution in [2.24, 2.45) is 5.92 Å². The Labute approximate surface area is 132 Å². The number of carbonyl (C=O) groups excluding carboxylic acids is 1. The van der Waals surface area contributed by atoms with Crippen LogP contribution in [0.15, 0.2) is 24.3 Å². The van der Waals surface area contributed by atoms with E-state index >= 15 is 0 Å². The lowest BCUT2D eigenvalue weighted by atomic mass is 9.93. The van der Waals surface area contributed by atoms with Crippen LogP contribution >= 0.6 is 0 Å². The van der Waals surface area contributed by atoms with E-state index in [2.05, 4.69) is 10.2 Å². The van der Waals surface area contributed by atoms with Gasteiger partial charge in [-0.1, -0.05) is 18.2 Å². The molecule has 3 rings (SSSR count). The summed E-state index contributed by atoms with van der Waals surface area (Å²) in [7, 11) is 0. The number of benzene rings is 1. The molecule has 22 heavy (non-hydrogen) atoms. The molecule has 120 valence electrons. The molecular weight excluding hydrogens is 276 g/mol. The Morgan fingerprint density at radius 3 is 2.86 bits per heavy atom. The van der Waals surface area contributed by atoms with Crippen molar-refractivity contribution in [2.45, 2.75) is 51.1 Å². The van der Waals surface area contributed by atoms with Crippen molar-refractivity contribution >= 4 is 5.91 Å². The van der Waals surface area contributed by atoms with Crippen molar-refractivity contribution in [1.29, 1.82) is 0 Å². The third kappa shape index (κ3) is 4.47. The SMILES string of the molecule is O=C(CCC1CCCN(Cc2ccccc2O)C1)NC1CC1. The predicted molar refractivity (Wildman–Crippen MR) is 86.5 cm³/mol. The molecule has 1 heterocycles. The molecule has 2 aliphatic rings. The first-order valence-electron chi connectivity index (χ1n) is 8.49. The molecule has 0 aromatic heterocycles. The second-order valence-corrected chi connectivity index (χ2v) is 6.75. The first-order chi connectivity index (χ1) is 10.7. The standard InChI is InChI=1S/C18H26N2O2/c21-17-6-2-1-5-15(17)13-20-11-3-4-14(12-20)7-10-18(22)19-16-8-9-16/h1-2,5-6,14,16,21H,3-4,7-13H2,(H,19,22). The molecule has 0 radical (unpaired) electrons. The van der Waals surface area contributed by atoms with Gasteiger partial charge in [0.1, 0.15) is 5.75 Å². The van der Waals surface area contributed by atoms with Crippen molar-refractivity contribution in [3.05, 3.63) is 29.8 Å². The van der Waals surface area contributed by atoms with Crippen LogP contribution in [0.25, 0.3) is 0 Å². The summed E-state index contributed by atoms with van der Waals surface area (Å²) in [5.74, 6) is 1.21. The minimum absolute atomic E-state index is 0.223. The van der Waals surface area contributed by atoms with Crippen molar-refractivity contribution in [2.75, 3.05) is 13.1 Å². The number of hydrogen-bond acceptors (Lipinski definition) is 3. The fraction of sp³-hybridized carbons (Fsp3) is 0.611. The Bertz CT molecular complexity index is 514. The average molecular weight is 302 g/mol. The maximum absolute atomic E-state index is 11.8. The van der Waals surface area contributed by atoms with Gasteiger partial charge in [-0.15, -0.1) is 0 Å². The molecule has 0 bridgehead atoms. The Morgan fingerprint density at radius 1 is 1.27 bits per heavy atom. The Hall–Kier alpha value is -1.55. The minimum atomic E-state index is 0.223. The summed E-state index contributed by atoms with van der Waals surface area (Å²) in [6.45, 7) is 2.92. The summed E-state index contributed by atoms with van der Waals surface area (Å²) in [5.41, 5.74) is 0.995. The molecule has 1 amide bonds. The van der Waals surface area contributed by atoms with Gasteiger partial charge in [-0.2, -0.15) is 0 Å². The average Bonchev–Trinajstić information content (AvgIpc) is 3.32. The Balaban J connectivity index is 1.44. The van der Waals surface area contributed by atoms with Gasteiger partial charge >= 0.3 is 0 Å². The number of nitrogens with one attached hydrogen (secondary N) is 1. The maximum Gasteiger partial charge on any atom is 0.220 e. The van der Waals surface area contributed by atoms with Crippen molar-refractivity contribution in [1.82, 2.24) is 10.2 Å². The molecule has 1 saturated carbocycles. The zero-order valence-electron chi connectivity index (χ0n) is 13.1. The monoisotopic (exact) mass is 302 g/mol. The highest BCUT2D eigenvalue weighted by Gasteiger charge is 2.25. The molecule has 4 nitrogen and oxygen atoms in total. The number of nitrogens with zero attached hydrogens (tertiary/aromatic N) is 1. The molecular formula is C18H26N2O2. The van der Waals surface area contributed by atoms with E-state index in [-0.39, 0.29) is 5.91 Å². The van der Waals surface area contributed by atoms with Crippen LogP contribution in [-0.4, -0.2) is 35.0 Å². The number of phenols is 1. The number of piperidine rings is 1. The minimum Gasteiger partial charge on any atom is -0.508 e. The van der Waals surface area contributed by atoms with E-state index < -0.39 is 0 Å². The van der Waals surface area contributed by atoms with Gasteiger partial charge in [0.25, 0.3) is 0 Å². The number of aromatic hydroxyl groups is 1. The highest BCUT2D eigenvalue weighted by molar-refractivity contribution is 5.76. The van der Waals surface area contributed by atoms with Crippen LogP contribution in [0.5, 0.6) is 5.75 Å². The Kier molecular flexibility index (Phi) is 4.98. The predicted octanol–water partition coefficient (Wildman–Crippen LogP) is 2.66. The van der Waals surface area contributed by atoms with Gasteiger partial charge < -0.3 is 10.4 Å². The van der Waals surface area contributed by atoms with Gasteiger partial charge in [0.2, 0.25) is 5.91 Å². The molecule has 1 atom stereocenters. The van der Waals surface area contributed by atoms with Crippen LogP contribution in [0, 0.1) is 5.92 Å². The van der Waals surface area contributed by atoms with Crippen LogP contribution in [0.1, 0.15) is 44.1 Å². The van der Waals surface area contributed by atoms with E-state index in [4.69, 9.17) is 0 Å². The third-order valence-electron chi connectivity index (χ3n) is 4.71. The lowest BCUT2D eigenvalue weighted by Crippen LogP contribution is -2.35. The van der Waals surface area contributed by atoms with Gasteiger partial charge in [-0.25, -0.2) is 0 Å². The summed E-state index contributed by atoms with van der Waals surface area (Å²) >= 11 is 0. The fourth-order valence-corrected chi connectivity index (χ4v) is 3.28. The maximum atomic E-state index is 11.8. The fourth-order valence-electron chi connectivity index (χ4n) is 3.28.